The van der Waals surface area contributed by atoms with Gasteiger partial charge in [-0.2, -0.15) is 4.98 Å². The summed E-state index contributed by atoms with van der Waals surface area (Å²) in [6.07, 6.45) is 0.556. The van der Waals surface area contributed by atoms with Gasteiger partial charge in [0.05, 0.1) is 11.5 Å². The molecular formula is C7H12N6O2S2. The zero-order chi connectivity index (χ0) is 12.5. The minimum atomic E-state index is -2.92. The monoisotopic (exact) mass is 276 g/mol. The molecule has 17 heavy (non-hydrogen) atoms. The highest BCUT2D eigenvalue weighted by Crippen LogP contribution is 2.11. The third-order valence-corrected chi connectivity index (χ3v) is 4.28. The fourth-order valence-electron chi connectivity index (χ4n) is 1.56. The molecule has 1 saturated heterocycles. The summed E-state index contributed by atoms with van der Waals surface area (Å²) in [4.78, 5) is 3.81. The lowest BCUT2D eigenvalue weighted by molar-refractivity contribution is 0.600. The van der Waals surface area contributed by atoms with Gasteiger partial charge in [-0.25, -0.2) is 13.5 Å². The van der Waals surface area contributed by atoms with Gasteiger partial charge in [0.15, 0.2) is 14.9 Å². The second kappa shape index (κ2) is 4.45. The molecule has 1 fully saturated rings. The first-order chi connectivity index (χ1) is 7.94. The summed E-state index contributed by atoms with van der Waals surface area (Å²) in [5.41, 5.74) is 5.34. The van der Waals surface area contributed by atoms with Crippen molar-refractivity contribution in [3.8, 4) is 0 Å². The highest BCUT2D eigenvalue weighted by molar-refractivity contribution is 7.91. The Kier molecular flexibility index (Phi) is 3.15. The largest absolute Gasteiger partial charge is 0.368 e. The van der Waals surface area contributed by atoms with E-state index in [1.807, 2.05) is 0 Å². The number of anilines is 2. The summed E-state index contributed by atoms with van der Waals surface area (Å²) < 4.78 is 22.5. The topological polar surface area (TPSA) is 126 Å². The lowest BCUT2D eigenvalue weighted by Crippen LogP contribution is -2.38. The van der Waals surface area contributed by atoms with Crippen molar-refractivity contribution >= 4 is 39.1 Å². The van der Waals surface area contributed by atoms with Crippen molar-refractivity contribution in [1.29, 1.82) is 0 Å². The van der Waals surface area contributed by atoms with Crippen molar-refractivity contribution in [1.82, 2.24) is 20.5 Å². The quantitative estimate of drug-likeness (QED) is 0.499. The van der Waals surface area contributed by atoms with E-state index < -0.39 is 9.84 Å². The van der Waals surface area contributed by atoms with Crippen LogP contribution in [0.4, 0.5) is 11.9 Å². The van der Waals surface area contributed by atoms with Crippen molar-refractivity contribution < 1.29 is 8.42 Å². The number of nitrogen functional groups attached to an aromatic ring is 1. The summed E-state index contributed by atoms with van der Waals surface area (Å²) in [7, 11) is -2.92. The van der Waals surface area contributed by atoms with Crippen LogP contribution in [-0.2, 0) is 9.84 Å². The first-order valence-corrected chi connectivity index (χ1v) is 7.13. The lowest BCUT2D eigenvalue weighted by atomic mass is 10.3. The van der Waals surface area contributed by atoms with Crippen LogP contribution >= 0.6 is 12.2 Å². The molecule has 10 heteroatoms. The summed E-state index contributed by atoms with van der Waals surface area (Å²) >= 11 is 5.01. The van der Waals surface area contributed by atoms with Crippen LogP contribution in [0.1, 0.15) is 6.42 Å². The van der Waals surface area contributed by atoms with Gasteiger partial charge in [-0.1, -0.05) is 0 Å². The van der Waals surface area contributed by atoms with Gasteiger partial charge in [-0.15, -0.1) is 5.10 Å². The third-order valence-electron chi connectivity index (χ3n) is 2.30. The first-order valence-electron chi connectivity index (χ1n) is 4.90. The number of aromatic amines is 1. The second-order valence-corrected chi connectivity index (χ2v) is 6.38. The van der Waals surface area contributed by atoms with E-state index >= 15 is 0 Å². The molecule has 0 radical (unpaired) electrons. The van der Waals surface area contributed by atoms with Crippen LogP contribution in [0.5, 0.6) is 0 Å². The van der Waals surface area contributed by atoms with Crippen molar-refractivity contribution in [2.75, 3.05) is 22.6 Å². The molecule has 1 unspecified atom stereocenters. The molecule has 8 nitrogen and oxygen atoms in total. The minimum absolute atomic E-state index is 0.102. The van der Waals surface area contributed by atoms with Gasteiger partial charge in [-0.3, -0.25) is 5.32 Å². The Labute approximate surface area is 103 Å². The van der Waals surface area contributed by atoms with Crippen molar-refractivity contribution in [3.05, 3.63) is 0 Å². The number of H-pyrrole nitrogens is 1. The molecule has 5 N–H and O–H groups in total. The highest BCUT2D eigenvalue weighted by Gasteiger charge is 2.28. The molecule has 1 atom stereocenters. The van der Waals surface area contributed by atoms with E-state index in [1.54, 1.807) is 0 Å². The number of hydrogen-bond acceptors (Lipinski definition) is 6. The van der Waals surface area contributed by atoms with Gasteiger partial charge in [0.2, 0.25) is 11.9 Å². The Morgan fingerprint density at radius 1 is 1.59 bits per heavy atom. The lowest BCUT2D eigenvalue weighted by Gasteiger charge is -2.12. The predicted octanol–water partition coefficient (Wildman–Crippen LogP) is -1.14. The number of aromatic nitrogens is 3. The van der Waals surface area contributed by atoms with E-state index in [2.05, 4.69) is 25.8 Å². The number of nitrogens with zero attached hydrogens (tertiary/aromatic N) is 2. The van der Waals surface area contributed by atoms with Gasteiger partial charge in [0.1, 0.15) is 0 Å². The molecule has 0 aromatic carbocycles. The minimum Gasteiger partial charge on any atom is -0.368 e. The third kappa shape index (κ3) is 3.27. The number of sulfone groups is 1. The zero-order valence-electron chi connectivity index (χ0n) is 8.80. The molecule has 1 aromatic heterocycles. The molecule has 2 rings (SSSR count). The van der Waals surface area contributed by atoms with Gasteiger partial charge < -0.3 is 11.1 Å². The van der Waals surface area contributed by atoms with E-state index in [4.69, 9.17) is 18.0 Å². The Morgan fingerprint density at radius 2 is 2.35 bits per heavy atom. The van der Waals surface area contributed by atoms with E-state index in [0.29, 0.717) is 6.42 Å². The standard InChI is InChI=1S/C7H12N6O2S2/c8-5-10-6(13-12-5)11-7(16)9-4-1-2-17(14,15)3-4/h4H,1-3H2,(H5,8,9,10,11,12,13,16). The van der Waals surface area contributed by atoms with Gasteiger partial charge in [-0.05, 0) is 18.6 Å². The van der Waals surface area contributed by atoms with E-state index in [9.17, 15) is 8.42 Å². The van der Waals surface area contributed by atoms with Crippen LogP contribution in [0, 0.1) is 0 Å². The number of rotatable bonds is 2. The number of thiocarbonyl (C=S) groups is 1. The predicted molar refractivity (Wildman–Crippen MR) is 67.2 cm³/mol. The van der Waals surface area contributed by atoms with Gasteiger partial charge in [0, 0.05) is 6.04 Å². The number of hydrogen-bond donors (Lipinski definition) is 4. The van der Waals surface area contributed by atoms with Crippen LogP contribution in [0.15, 0.2) is 0 Å². The van der Waals surface area contributed by atoms with Gasteiger partial charge >= 0.3 is 0 Å². The molecule has 0 spiro atoms. The average molecular weight is 276 g/mol. The maximum Gasteiger partial charge on any atom is 0.249 e. The molecule has 94 valence electrons. The SMILES string of the molecule is Nc1nc(NC(=S)NC2CCS(=O)(=O)C2)n[nH]1. The second-order valence-electron chi connectivity index (χ2n) is 3.74. The fraction of sp³-hybridized carbons (Fsp3) is 0.571. The smallest absolute Gasteiger partial charge is 0.249 e. The number of nitrogens with one attached hydrogen (secondary N) is 3. The highest BCUT2D eigenvalue weighted by atomic mass is 32.2. The van der Waals surface area contributed by atoms with Crippen molar-refractivity contribution in [2.24, 2.45) is 0 Å². The van der Waals surface area contributed by atoms with Crippen LogP contribution in [-0.4, -0.2) is 46.3 Å². The first kappa shape index (κ1) is 12.0. The maximum atomic E-state index is 11.2. The molecule has 1 aliphatic rings. The van der Waals surface area contributed by atoms with Crippen LogP contribution in [0.3, 0.4) is 0 Å². The summed E-state index contributed by atoms with van der Waals surface area (Å²) in [5, 5.41) is 12.1. The van der Waals surface area contributed by atoms with Crippen molar-refractivity contribution in [2.45, 2.75) is 12.5 Å². The Balaban J connectivity index is 1.86. The summed E-state index contributed by atoms with van der Waals surface area (Å²) in [5.74, 6) is 0.728. The summed E-state index contributed by atoms with van der Waals surface area (Å²) in [6, 6.07) is -0.156. The molecule has 1 aromatic rings. The van der Waals surface area contributed by atoms with E-state index in [0.717, 1.165) is 0 Å². The molecule has 0 bridgehead atoms. The van der Waals surface area contributed by atoms with E-state index in [1.165, 1.54) is 0 Å². The fourth-order valence-corrected chi connectivity index (χ4v) is 3.49. The maximum absolute atomic E-state index is 11.2. The van der Waals surface area contributed by atoms with E-state index in [-0.39, 0.29) is 34.6 Å². The molecular weight excluding hydrogens is 264 g/mol. The molecule has 1 aliphatic heterocycles. The average Bonchev–Trinajstić information content (AvgIpc) is 2.73. The molecule has 2 heterocycles. The van der Waals surface area contributed by atoms with Crippen molar-refractivity contribution in [3.63, 3.8) is 0 Å². The Hall–Kier alpha value is -1.42. The normalized spacial score (nSPS) is 22.2. The molecule has 0 amide bonds. The van der Waals surface area contributed by atoms with Crippen LogP contribution in [0.25, 0.3) is 0 Å². The van der Waals surface area contributed by atoms with Gasteiger partial charge in [0.25, 0.3) is 0 Å². The molecule has 0 aliphatic carbocycles. The zero-order valence-corrected chi connectivity index (χ0v) is 10.4. The summed E-state index contributed by atoms with van der Waals surface area (Å²) in [6.45, 7) is 0. The molecule has 0 saturated carbocycles. The van der Waals surface area contributed by atoms with Crippen LogP contribution in [0.2, 0.25) is 0 Å². The Morgan fingerprint density at radius 3 is 2.88 bits per heavy atom. The Bertz CT molecular complexity index is 524. The van der Waals surface area contributed by atoms with Crippen LogP contribution < -0.4 is 16.4 Å². The number of nitrogens with two attached hydrogens (primary N) is 1.